The van der Waals surface area contributed by atoms with Gasteiger partial charge in [0.1, 0.15) is 5.54 Å². The zero-order valence-electron chi connectivity index (χ0n) is 7.34. The van der Waals surface area contributed by atoms with Crippen LogP contribution in [-0.2, 0) is 0 Å². The fourth-order valence-corrected chi connectivity index (χ4v) is 1.38. The van der Waals surface area contributed by atoms with Crippen LogP contribution in [0.2, 0.25) is 0 Å². The third-order valence-electron chi connectivity index (χ3n) is 2.49. The molecule has 1 aliphatic rings. The number of piperidine rings is 1. The molecular weight excluding hydrogens is 201 g/mol. The molecule has 0 atom stereocenters. The second kappa shape index (κ2) is 3.30. The molecule has 82 valence electrons. The Morgan fingerprint density at radius 3 is 2.07 bits per heavy atom. The van der Waals surface area contributed by atoms with Crippen molar-refractivity contribution in [2.45, 2.75) is 24.6 Å². The zero-order chi connectivity index (χ0) is 11.0. The molecule has 0 aliphatic carbocycles. The molecule has 0 aromatic heterocycles. The van der Waals surface area contributed by atoms with E-state index in [0.29, 0.717) is 0 Å². The lowest BCUT2D eigenvalue weighted by atomic mass is 9.88. The Kier molecular flexibility index (Phi) is 2.62. The molecule has 4 nitrogen and oxygen atoms in total. The molecule has 0 bridgehead atoms. The van der Waals surface area contributed by atoms with E-state index >= 15 is 0 Å². The molecule has 0 spiro atoms. The third kappa shape index (κ3) is 1.92. The Morgan fingerprint density at radius 1 is 1.36 bits per heavy atom. The first kappa shape index (κ1) is 11.1. The Labute approximate surface area is 78.5 Å². The van der Waals surface area contributed by atoms with Crippen LogP contribution < -0.4 is 5.73 Å². The van der Waals surface area contributed by atoms with Crippen LogP contribution in [0.25, 0.3) is 0 Å². The van der Waals surface area contributed by atoms with Crippen LogP contribution in [0.3, 0.4) is 0 Å². The molecule has 1 rings (SSSR count). The maximum absolute atomic E-state index is 12.4. The molecule has 0 aromatic rings. The van der Waals surface area contributed by atoms with E-state index in [1.807, 2.05) is 0 Å². The first-order valence-corrected chi connectivity index (χ1v) is 4.10. The highest BCUT2D eigenvalue weighted by Gasteiger charge is 2.53. The average molecular weight is 212 g/mol. The van der Waals surface area contributed by atoms with Crippen LogP contribution in [0.5, 0.6) is 0 Å². The lowest BCUT2D eigenvalue weighted by molar-refractivity contribution is -0.196. The van der Waals surface area contributed by atoms with Crippen LogP contribution in [0, 0.1) is 0 Å². The molecule has 0 unspecified atom stereocenters. The van der Waals surface area contributed by atoms with E-state index in [2.05, 4.69) is 0 Å². The molecule has 3 N–H and O–H groups in total. The van der Waals surface area contributed by atoms with Crippen molar-refractivity contribution in [1.29, 1.82) is 0 Å². The highest BCUT2D eigenvalue weighted by Crippen LogP contribution is 2.36. The molecule has 1 heterocycles. The van der Waals surface area contributed by atoms with Crippen molar-refractivity contribution in [2.75, 3.05) is 13.1 Å². The maximum atomic E-state index is 12.4. The van der Waals surface area contributed by atoms with Gasteiger partial charge in [0, 0.05) is 13.1 Å². The summed E-state index contributed by atoms with van der Waals surface area (Å²) in [7, 11) is 0. The Balaban J connectivity index is 2.62. The summed E-state index contributed by atoms with van der Waals surface area (Å²) in [4.78, 5) is 11.4. The normalized spacial score (nSPS) is 22.1. The minimum Gasteiger partial charge on any atom is -0.465 e. The van der Waals surface area contributed by atoms with Crippen molar-refractivity contribution in [3.05, 3.63) is 0 Å². The molecule has 0 aromatic carbocycles. The number of likely N-dealkylation sites (tertiary alicyclic amines) is 1. The van der Waals surface area contributed by atoms with E-state index in [0.717, 1.165) is 4.90 Å². The predicted octanol–water partition coefficient (Wildman–Crippen LogP) is 1.02. The highest BCUT2D eigenvalue weighted by atomic mass is 19.4. The lowest BCUT2D eigenvalue weighted by Crippen LogP contribution is -2.60. The summed E-state index contributed by atoms with van der Waals surface area (Å²) < 4.78 is 37.1. The Bertz CT molecular complexity index is 234. The number of amides is 1. The van der Waals surface area contributed by atoms with E-state index in [-0.39, 0.29) is 25.9 Å². The summed E-state index contributed by atoms with van der Waals surface area (Å²) in [5.41, 5.74) is 2.93. The zero-order valence-corrected chi connectivity index (χ0v) is 7.34. The smallest absolute Gasteiger partial charge is 0.407 e. The van der Waals surface area contributed by atoms with E-state index in [4.69, 9.17) is 10.8 Å². The van der Waals surface area contributed by atoms with E-state index in [1.54, 1.807) is 0 Å². The van der Waals surface area contributed by atoms with Crippen LogP contribution in [0.4, 0.5) is 18.0 Å². The maximum Gasteiger partial charge on any atom is 0.407 e. The molecule has 14 heavy (non-hydrogen) atoms. The lowest BCUT2D eigenvalue weighted by Gasteiger charge is -2.38. The van der Waals surface area contributed by atoms with Crippen LogP contribution >= 0.6 is 0 Å². The number of hydrogen-bond acceptors (Lipinski definition) is 2. The van der Waals surface area contributed by atoms with Crippen LogP contribution in [-0.4, -0.2) is 40.9 Å². The Morgan fingerprint density at radius 2 is 1.79 bits per heavy atom. The number of halogens is 3. The van der Waals surface area contributed by atoms with Crippen molar-refractivity contribution in [3.63, 3.8) is 0 Å². The van der Waals surface area contributed by atoms with E-state index in [1.165, 1.54) is 0 Å². The van der Waals surface area contributed by atoms with Gasteiger partial charge in [-0.05, 0) is 12.8 Å². The van der Waals surface area contributed by atoms with Crippen molar-refractivity contribution in [2.24, 2.45) is 5.73 Å². The monoisotopic (exact) mass is 212 g/mol. The van der Waals surface area contributed by atoms with Gasteiger partial charge in [0.25, 0.3) is 0 Å². The van der Waals surface area contributed by atoms with Gasteiger partial charge in [-0.25, -0.2) is 4.79 Å². The van der Waals surface area contributed by atoms with Gasteiger partial charge in [0.05, 0.1) is 0 Å². The van der Waals surface area contributed by atoms with E-state index < -0.39 is 17.8 Å². The standard InChI is InChI=1S/C7H11F3N2O2/c8-7(9,10)6(11)1-3-12(4-2-6)5(13)14/h1-4,11H2,(H,13,14). The van der Waals surface area contributed by atoms with Crippen molar-refractivity contribution in [3.8, 4) is 0 Å². The second-order valence-corrected chi connectivity index (χ2v) is 3.42. The SMILES string of the molecule is NC1(C(F)(F)F)CCN(C(=O)O)CC1. The quantitative estimate of drug-likeness (QED) is 0.630. The summed E-state index contributed by atoms with van der Waals surface area (Å²) in [6.07, 6.45) is -6.40. The second-order valence-electron chi connectivity index (χ2n) is 3.42. The Hall–Kier alpha value is -0.980. The molecule has 1 saturated heterocycles. The van der Waals surface area contributed by atoms with Gasteiger partial charge >= 0.3 is 12.3 Å². The van der Waals surface area contributed by atoms with Crippen molar-refractivity contribution in [1.82, 2.24) is 4.90 Å². The molecule has 0 radical (unpaired) electrons. The number of carbonyl (C=O) groups is 1. The number of carboxylic acid groups (broad SMARTS) is 1. The number of nitrogens with two attached hydrogens (primary N) is 1. The minimum atomic E-state index is -4.46. The molecular formula is C7H11F3N2O2. The van der Waals surface area contributed by atoms with Gasteiger partial charge < -0.3 is 15.7 Å². The highest BCUT2D eigenvalue weighted by molar-refractivity contribution is 5.65. The average Bonchev–Trinajstić information content (AvgIpc) is 2.03. The van der Waals surface area contributed by atoms with Crippen LogP contribution in [0.1, 0.15) is 12.8 Å². The van der Waals surface area contributed by atoms with Crippen molar-refractivity contribution >= 4 is 6.09 Å². The topological polar surface area (TPSA) is 66.6 Å². The number of hydrogen-bond donors (Lipinski definition) is 2. The first-order chi connectivity index (χ1) is 6.26. The number of rotatable bonds is 0. The molecule has 7 heteroatoms. The minimum absolute atomic E-state index is 0.161. The molecule has 1 fully saturated rings. The van der Waals surface area contributed by atoms with Gasteiger partial charge in [0.2, 0.25) is 0 Å². The van der Waals surface area contributed by atoms with Gasteiger partial charge in [-0.1, -0.05) is 0 Å². The summed E-state index contributed by atoms with van der Waals surface area (Å²) >= 11 is 0. The summed E-state index contributed by atoms with van der Waals surface area (Å²) in [5.74, 6) is 0. The van der Waals surface area contributed by atoms with Gasteiger partial charge in [-0.2, -0.15) is 13.2 Å². The predicted molar refractivity (Wildman–Crippen MR) is 41.8 cm³/mol. The number of alkyl halides is 3. The first-order valence-electron chi connectivity index (χ1n) is 4.10. The van der Waals surface area contributed by atoms with Gasteiger partial charge in [-0.3, -0.25) is 0 Å². The van der Waals surface area contributed by atoms with Gasteiger partial charge in [0.15, 0.2) is 0 Å². The third-order valence-corrected chi connectivity index (χ3v) is 2.49. The van der Waals surface area contributed by atoms with Crippen LogP contribution in [0.15, 0.2) is 0 Å². The van der Waals surface area contributed by atoms with Crippen molar-refractivity contribution < 1.29 is 23.1 Å². The fraction of sp³-hybridized carbons (Fsp3) is 0.857. The molecule has 0 saturated carbocycles. The van der Waals surface area contributed by atoms with E-state index in [9.17, 15) is 18.0 Å². The summed E-state index contributed by atoms with van der Waals surface area (Å²) in [6.45, 7) is -0.323. The largest absolute Gasteiger partial charge is 0.465 e. The summed E-state index contributed by atoms with van der Waals surface area (Å²) in [6, 6.07) is 0. The fourth-order valence-electron chi connectivity index (χ4n) is 1.38. The number of nitrogens with zero attached hydrogens (tertiary/aromatic N) is 1. The molecule has 1 amide bonds. The van der Waals surface area contributed by atoms with Gasteiger partial charge in [-0.15, -0.1) is 0 Å². The summed E-state index contributed by atoms with van der Waals surface area (Å²) in [5, 5.41) is 8.52. The molecule has 1 aliphatic heterocycles.